The third kappa shape index (κ3) is 2.85. The van der Waals surface area contributed by atoms with Gasteiger partial charge in [-0.1, -0.05) is 35.2 Å². The summed E-state index contributed by atoms with van der Waals surface area (Å²) in [6, 6.07) is 17.3. The second-order valence-corrected chi connectivity index (χ2v) is 7.42. The first-order valence-electron chi connectivity index (χ1n) is 9.75. The minimum absolute atomic E-state index is 0.118. The average molecular weight is 395 g/mol. The van der Waals surface area contributed by atoms with E-state index in [9.17, 15) is 5.26 Å². The third-order valence-corrected chi connectivity index (χ3v) is 5.69. The van der Waals surface area contributed by atoms with E-state index in [-0.39, 0.29) is 32.9 Å². The molecule has 0 aliphatic carbocycles. The van der Waals surface area contributed by atoms with Crippen LogP contribution in [0.1, 0.15) is 5.56 Å². The molecule has 0 aliphatic rings. The molecular weight excluding hydrogens is 386 g/mol. The van der Waals surface area contributed by atoms with Crippen molar-refractivity contribution in [3.63, 3.8) is 0 Å². The standard InChI is InChI=1S/C24H9B5N2O/c25-18-17(19(26)21(28)22(29)20(18)27)11-7-8-13-12-4-3-5-14(16-6-1-2-9-31-16)23(12)32-24(13)15(11)10-30/h1-9H. The molecule has 136 valence electrons. The van der Waals surface area contributed by atoms with Gasteiger partial charge in [0.2, 0.25) is 0 Å². The van der Waals surface area contributed by atoms with E-state index < -0.39 is 0 Å². The number of fused-ring (bicyclic) bond motifs is 3. The van der Waals surface area contributed by atoms with Crippen molar-refractivity contribution in [2.75, 3.05) is 0 Å². The number of hydrogen-bond donors (Lipinski definition) is 0. The van der Waals surface area contributed by atoms with Crippen LogP contribution in [0.15, 0.2) is 59.1 Å². The van der Waals surface area contributed by atoms with Gasteiger partial charge in [0, 0.05) is 28.1 Å². The summed E-state index contributed by atoms with van der Waals surface area (Å²) < 4.78 is 6.25. The normalized spacial score (nSPS) is 11.1. The quantitative estimate of drug-likeness (QED) is 0.400. The zero-order chi connectivity index (χ0) is 22.6. The van der Waals surface area contributed by atoms with Crippen LogP contribution in [0.5, 0.6) is 0 Å². The number of aromatic nitrogens is 1. The van der Waals surface area contributed by atoms with E-state index in [1.807, 2.05) is 42.5 Å². The van der Waals surface area contributed by atoms with Gasteiger partial charge in [0.15, 0.2) is 5.58 Å². The van der Waals surface area contributed by atoms with Gasteiger partial charge in [0.1, 0.15) is 56.4 Å². The highest BCUT2D eigenvalue weighted by Gasteiger charge is 2.21. The van der Waals surface area contributed by atoms with E-state index in [0.29, 0.717) is 22.3 Å². The summed E-state index contributed by atoms with van der Waals surface area (Å²) in [4.78, 5) is 4.43. The highest BCUT2D eigenvalue weighted by atomic mass is 16.3. The van der Waals surface area contributed by atoms with Gasteiger partial charge < -0.3 is 4.42 Å². The van der Waals surface area contributed by atoms with Crippen LogP contribution in [0.3, 0.4) is 0 Å². The SMILES string of the molecule is [B]c1c([B])c([B])c(-c2ccc3c(oc4c(-c5ccccn5)cccc43)c2C#N)c([B])c1[B]. The second kappa shape index (κ2) is 7.53. The lowest BCUT2D eigenvalue weighted by molar-refractivity contribution is 0.668. The van der Waals surface area contributed by atoms with Crippen LogP contribution in [0.25, 0.3) is 44.3 Å². The highest BCUT2D eigenvalue weighted by Crippen LogP contribution is 2.38. The molecule has 0 spiro atoms. The Labute approximate surface area is 191 Å². The Morgan fingerprint density at radius 2 is 1.38 bits per heavy atom. The van der Waals surface area contributed by atoms with Gasteiger partial charge >= 0.3 is 0 Å². The lowest BCUT2D eigenvalue weighted by Crippen LogP contribution is -2.55. The first kappa shape index (κ1) is 20.3. The predicted molar refractivity (Wildman–Crippen MR) is 134 cm³/mol. The van der Waals surface area contributed by atoms with Crippen LogP contribution < -0.4 is 27.3 Å². The first-order chi connectivity index (χ1) is 15.4. The molecule has 10 radical (unpaired) electrons. The van der Waals surface area contributed by atoms with E-state index in [1.165, 1.54) is 0 Å². The minimum Gasteiger partial charge on any atom is -0.454 e. The molecule has 3 nitrogen and oxygen atoms in total. The minimum atomic E-state index is 0.118. The summed E-state index contributed by atoms with van der Waals surface area (Å²) in [5.41, 5.74) is 4.42. The number of hydrogen-bond acceptors (Lipinski definition) is 3. The molecule has 0 aliphatic heterocycles. The molecule has 2 heterocycles. The Kier molecular flexibility index (Phi) is 4.79. The lowest BCUT2D eigenvalue weighted by atomic mass is 9.59. The molecule has 3 aromatic carbocycles. The molecule has 0 unspecified atom stereocenters. The van der Waals surface area contributed by atoms with Gasteiger partial charge in [-0.25, -0.2) is 0 Å². The lowest BCUT2D eigenvalue weighted by Gasteiger charge is -2.21. The van der Waals surface area contributed by atoms with Gasteiger partial charge in [0.25, 0.3) is 0 Å². The van der Waals surface area contributed by atoms with Crippen molar-refractivity contribution in [2.24, 2.45) is 0 Å². The summed E-state index contributed by atoms with van der Waals surface area (Å²) in [5, 5.41) is 11.7. The van der Waals surface area contributed by atoms with Gasteiger partial charge in [-0.05, 0) is 29.8 Å². The molecule has 2 aromatic heterocycles. The molecule has 32 heavy (non-hydrogen) atoms. The number of nitriles is 1. The van der Waals surface area contributed by atoms with Crippen LogP contribution in [-0.4, -0.2) is 44.2 Å². The van der Waals surface area contributed by atoms with E-state index in [0.717, 1.165) is 22.0 Å². The van der Waals surface area contributed by atoms with Crippen molar-refractivity contribution in [1.29, 1.82) is 5.26 Å². The van der Waals surface area contributed by atoms with Gasteiger partial charge in [-0.3, -0.25) is 4.98 Å². The zero-order valence-electron chi connectivity index (χ0n) is 16.9. The molecule has 0 atom stereocenters. The number of nitrogens with zero attached hydrogens (tertiary/aromatic N) is 2. The molecule has 5 aromatic rings. The summed E-state index contributed by atoms with van der Waals surface area (Å²) in [6.45, 7) is 0. The molecule has 8 heteroatoms. The molecule has 0 saturated heterocycles. The second-order valence-electron chi connectivity index (χ2n) is 7.42. The summed E-state index contributed by atoms with van der Waals surface area (Å²) in [6.07, 6.45) is 1.72. The van der Waals surface area contributed by atoms with Gasteiger partial charge in [-0.2, -0.15) is 5.26 Å². The molecular formula is C24H9B5N2O. The van der Waals surface area contributed by atoms with Crippen molar-refractivity contribution in [1.82, 2.24) is 4.98 Å². The Hall–Kier alpha value is -3.58. The molecule has 0 N–H and O–H groups in total. The monoisotopic (exact) mass is 396 g/mol. The molecule has 0 bridgehead atoms. The van der Waals surface area contributed by atoms with E-state index in [4.69, 9.17) is 43.6 Å². The van der Waals surface area contributed by atoms with Gasteiger partial charge in [-0.15, -0.1) is 16.4 Å². The number of pyridine rings is 1. The summed E-state index contributed by atoms with van der Waals surface area (Å²) >= 11 is 0. The Morgan fingerprint density at radius 1 is 0.688 bits per heavy atom. The number of rotatable bonds is 2. The van der Waals surface area contributed by atoms with Crippen molar-refractivity contribution in [2.45, 2.75) is 0 Å². The van der Waals surface area contributed by atoms with Gasteiger partial charge in [0.05, 0.1) is 5.69 Å². The molecule has 0 saturated carbocycles. The van der Waals surface area contributed by atoms with Crippen molar-refractivity contribution >= 4 is 88.5 Å². The fourth-order valence-electron chi connectivity index (χ4n) is 4.04. The van der Waals surface area contributed by atoms with Crippen LogP contribution in [0, 0.1) is 11.3 Å². The zero-order valence-corrected chi connectivity index (χ0v) is 16.9. The van der Waals surface area contributed by atoms with Crippen molar-refractivity contribution in [3.8, 4) is 28.5 Å². The van der Waals surface area contributed by atoms with Crippen molar-refractivity contribution in [3.05, 3.63) is 60.3 Å². The third-order valence-electron chi connectivity index (χ3n) is 5.69. The maximum atomic E-state index is 10.1. The number of benzene rings is 3. The molecule has 5 rings (SSSR count). The largest absolute Gasteiger partial charge is 0.454 e. The fourth-order valence-corrected chi connectivity index (χ4v) is 4.04. The Morgan fingerprint density at radius 3 is 2.03 bits per heavy atom. The Balaban J connectivity index is 1.87. The first-order valence-corrected chi connectivity index (χ1v) is 9.75. The maximum Gasteiger partial charge on any atom is 0.153 e. The van der Waals surface area contributed by atoms with Crippen molar-refractivity contribution < 1.29 is 4.42 Å². The summed E-state index contributed by atoms with van der Waals surface area (Å²) in [7, 11) is 30.5. The molecule has 0 amide bonds. The van der Waals surface area contributed by atoms with E-state index >= 15 is 0 Å². The fraction of sp³-hybridized carbons (Fsp3) is 0. The highest BCUT2D eigenvalue weighted by molar-refractivity contribution is 6.68. The number of furan rings is 1. The number of para-hydroxylation sites is 1. The smallest absolute Gasteiger partial charge is 0.153 e. The van der Waals surface area contributed by atoms with E-state index in [1.54, 1.807) is 12.3 Å². The van der Waals surface area contributed by atoms with Crippen LogP contribution in [-0.2, 0) is 0 Å². The van der Waals surface area contributed by atoms with E-state index in [2.05, 4.69) is 11.1 Å². The Bertz CT molecular complexity index is 1560. The van der Waals surface area contributed by atoms with Crippen LogP contribution in [0.4, 0.5) is 0 Å². The molecule has 0 fully saturated rings. The predicted octanol–water partition coefficient (Wildman–Crippen LogP) is 0.156. The topological polar surface area (TPSA) is 49.8 Å². The average Bonchev–Trinajstić information content (AvgIpc) is 3.21. The van der Waals surface area contributed by atoms with Crippen LogP contribution in [0.2, 0.25) is 0 Å². The summed E-state index contributed by atoms with van der Waals surface area (Å²) in [5.74, 6) is 0. The maximum absolute atomic E-state index is 10.1. The van der Waals surface area contributed by atoms with Crippen LogP contribution >= 0.6 is 0 Å².